The largest absolute Gasteiger partial charge is 0.497 e. The number of hydrogen-bond donors (Lipinski definition) is 0. The van der Waals surface area contributed by atoms with E-state index in [9.17, 15) is 9.18 Å². The molecule has 0 N–H and O–H groups in total. The topological polar surface area (TPSA) is 57.0 Å². The average Bonchev–Trinajstić information content (AvgIpc) is 3.23. The van der Waals surface area contributed by atoms with Gasteiger partial charge < -0.3 is 4.74 Å². The summed E-state index contributed by atoms with van der Waals surface area (Å²) in [5.74, 6) is -0.00318. The van der Waals surface area contributed by atoms with Crippen molar-refractivity contribution in [3.63, 3.8) is 0 Å². The lowest BCUT2D eigenvalue weighted by molar-refractivity contribution is 0.411. The molecule has 0 aliphatic heterocycles. The van der Waals surface area contributed by atoms with Crippen LogP contribution in [0.3, 0.4) is 0 Å². The summed E-state index contributed by atoms with van der Waals surface area (Å²) in [5.41, 5.74) is 2.92. The highest BCUT2D eigenvalue weighted by molar-refractivity contribution is 7.17. The van der Waals surface area contributed by atoms with E-state index in [1.807, 2.05) is 41.8 Å². The highest BCUT2D eigenvalue weighted by Gasteiger charge is 2.15. The van der Waals surface area contributed by atoms with Crippen molar-refractivity contribution >= 4 is 32.3 Å². The third kappa shape index (κ3) is 3.68. The number of hydrogen-bond acceptors (Lipinski definition) is 5. The van der Waals surface area contributed by atoms with Crippen LogP contribution >= 0.6 is 11.3 Å². The minimum atomic E-state index is -0.412. The van der Waals surface area contributed by atoms with E-state index in [2.05, 4.69) is 10.1 Å². The highest BCUT2D eigenvalue weighted by atomic mass is 32.1. The number of methoxy groups -OCH3 is 1. The molecule has 5 nitrogen and oxygen atoms in total. The fourth-order valence-electron chi connectivity index (χ4n) is 3.67. The maximum Gasteiger partial charge on any atom is 0.276 e. The molecule has 0 saturated heterocycles. The Labute approximate surface area is 181 Å². The van der Waals surface area contributed by atoms with Crippen molar-refractivity contribution < 1.29 is 9.13 Å². The molecule has 0 atom stereocenters. The summed E-state index contributed by atoms with van der Waals surface area (Å²) < 4.78 is 21.4. The number of halogens is 1. The van der Waals surface area contributed by atoms with E-state index in [1.54, 1.807) is 12.3 Å². The fraction of sp³-hybridized carbons (Fsp3) is 0.125. The molecular formula is C24H18FN3O2S. The Balaban J connectivity index is 1.50. The zero-order valence-electron chi connectivity index (χ0n) is 16.7. The summed E-state index contributed by atoms with van der Waals surface area (Å²) in [6, 6.07) is 16.4. The van der Waals surface area contributed by atoms with Crippen molar-refractivity contribution in [2.75, 3.05) is 7.11 Å². The number of benzene rings is 2. The van der Waals surface area contributed by atoms with Gasteiger partial charge in [0, 0.05) is 34.5 Å². The first-order valence-electron chi connectivity index (χ1n) is 9.79. The summed E-state index contributed by atoms with van der Waals surface area (Å²) in [7, 11) is 1.49. The molecular weight excluding hydrogens is 413 g/mol. The predicted octanol–water partition coefficient (Wildman–Crippen LogP) is 5.06. The van der Waals surface area contributed by atoms with Crippen LogP contribution in [0.1, 0.15) is 5.69 Å². The number of pyridine rings is 1. The van der Waals surface area contributed by atoms with Gasteiger partial charge in [0.05, 0.1) is 35.5 Å². The third-order valence-corrected chi connectivity index (χ3v) is 6.15. The fourth-order valence-corrected chi connectivity index (χ4v) is 4.59. The maximum atomic E-state index is 14.0. The molecule has 0 saturated carbocycles. The monoisotopic (exact) mass is 431 g/mol. The van der Waals surface area contributed by atoms with E-state index in [-0.39, 0.29) is 5.56 Å². The number of thiophene rings is 1. The van der Waals surface area contributed by atoms with Crippen molar-refractivity contribution in [1.82, 2.24) is 14.8 Å². The van der Waals surface area contributed by atoms with Gasteiger partial charge in [-0.1, -0.05) is 24.3 Å². The van der Waals surface area contributed by atoms with Crippen molar-refractivity contribution in [1.29, 1.82) is 0 Å². The van der Waals surface area contributed by atoms with Gasteiger partial charge >= 0.3 is 0 Å². The lowest BCUT2D eigenvalue weighted by Crippen LogP contribution is -2.23. The second-order valence-corrected chi connectivity index (χ2v) is 8.10. The van der Waals surface area contributed by atoms with E-state index in [1.165, 1.54) is 35.3 Å². The van der Waals surface area contributed by atoms with Crippen LogP contribution in [0.25, 0.3) is 32.1 Å². The average molecular weight is 431 g/mol. The van der Waals surface area contributed by atoms with E-state index in [0.29, 0.717) is 35.2 Å². The molecule has 154 valence electrons. The standard InChI is InChI=1S/C24H18FN3O2S/c1-30-19-11-16(10-17(25)12-19)20-14-31-22-13-26-28(24(29)23(20)22)9-8-18-7-6-15-4-2-3-5-21(15)27-18/h2-7,10-14H,8-9H2,1H3. The lowest BCUT2D eigenvalue weighted by Gasteiger charge is -2.07. The molecule has 0 spiro atoms. The normalized spacial score (nSPS) is 11.3. The van der Waals surface area contributed by atoms with Gasteiger partial charge in [0.1, 0.15) is 11.6 Å². The number of aryl methyl sites for hydroxylation is 2. The van der Waals surface area contributed by atoms with Crippen LogP contribution in [0.15, 0.2) is 71.0 Å². The molecule has 0 amide bonds. The molecule has 5 aromatic rings. The van der Waals surface area contributed by atoms with Crippen molar-refractivity contribution in [3.8, 4) is 16.9 Å². The smallest absolute Gasteiger partial charge is 0.276 e. The number of nitrogens with zero attached hydrogens (tertiary/aromatic N) is 3. The van der Waals surface area contributed by atoms with Gasteiger partial charge in [-0.05, 0) is 29.8 Å². The van der Waals surface area contributed by atoms with Crippen LogP contribution in [0, 0.1) is 5.82 Å². The lowest BCUT2D eigenvalue weighted by atomic mass is 10.1. The molecule has 3 heterocycles. The second kappa shape index (κ2) is 7.92. The van der Waals surface area contributed by atoms with E-state index in [0.717, 1.165) is 21.3 Å². The Morgan fingerprint density at radius 3 is 2.87 bits per heavy atom. The zero-order valence-corrected chi connectivity index (χ0v) is 17.5. The Bertz CT molecular complexity index is 1480. The number of ether oxygens (including phenoxy) is 1. The first-order valence-corrected chi connectivity index (χ1v) is 10.7. The summed E-state index contributed by atoms with van der Waals surface area (Å²) in [6.45, 7) is 0.405. The Morgan fingerprint density at radius 1 is 1.13 bits per heavy atom. The Kier molecular flexibility index (Phi) is 4.95. The highest BCUT2D eigenvalue weighted by Crippen LogP contribution is 2.33. The molecule has 3 aromatic heterocycles. The van der Waals surface area contributed by atoms with Gasteiger partial charge in [-0.15, -0.1) is 11.3 Å². The van der Waals surface area contributed by atoms with Gasteiger partial charge in [0.25, 0.3) is 5.56 Å². The van der Waals surface area contributed by atoms with Crippen LogP contribution in [0.4, 0.5) is 4.39 Å². The van der Waals surface area contributed by atoms with Gasteiger partial charge in [-0.2, -0.15) is 5.10 Å². The molecule has 7 heteroatoms. The van der Waals surface area contributed by atoms with Crippen LogP contribution in [-0.4, -0.2) is 21.9 Å². The first-order chi connectivity index (χ1) is 15.1. The third-order valence-electron chi connectivity index (χ3n) is 5.24. The van der Waals surface area contributed by atoms with Gasteiger partial charge in [0.2, 0.25) is 0 Å². The van der Waals surface area contributed by atoms with Crippen LogP contribution in [-0.2, 0) is 13.0 Å². The number of aromatic nitrogens is 3. The molecule has 2 aromatic carbocycles. The summed E-state index contributed by atoms with van der Waals surface area (Å²) in [6.07, 6.45) is 2.27. The number of fused-ring (bicyclic) bond motifs is 2. The van der Waals surface area contributed by atoms with Crippen molar-refractivity contribution in [2.24, 2.45) is 0 Å². The summed E-state index contributed by atoms with van der Waals surface area (Å²) in [4.78, 5) is 17.9. The molecule has 5 rings (SSSR count). The molecule has 0 bridgehead atoms. The molecule has 0 radical (unpaired) electrons. The van der Waals surface area contributed by atoms with E-state index >= 15 is 0 Å². The second-order valence-electron chi connectivity index (χ2n) is 7.19. The van der Waals surface area contributed by atoms with Crippen LogP contribution in [0.2, 0.25) is 0 Å². The van der Waals surface area contributed by atoms with Gasteiger partial charge in [0.15, 0.2) is 0 Å². The van der Waals surface area contributed by atoms with Crippen LogP contribution < -0.4 is 10.3 Å². The van der Waals surface area contributed by atoms with Gasteiger partial charge in [-0.3, -0.25) is 9.78 Å². The van der Waals surface area contributed by atoms with Crippen molar-refractivity contribution in [3.05, 3.63) is 88.0 Å². The summed E-state index contributed by atoms with van der Waals surface area (Å²) >= 11 is 1.42. The predicted molar refractivity (Wildman–Crippen MR) is 121 cm³/mol. The number of rotatable bonds is 5. The maximum absolute atomic E-state index is 14.0. The number of para-hydroxylation sites is 1. The molecule has 0 unspecified atom stereocenters. The summed E-state index contributed by atoms with van der Waals surface area (Å²) in [5, 5.41) is 7.81. The van der Waals surface area contributed by atoms with E-state index < -0.39 is 5.82 Å². The van der Waals surface area contributed by atoms with E-state index in [4.69, 9.17) is 4.74 Å². The Hall–Kier alpha value is -3.58. The quantitative estimate of drug-likeness (QED) is 0.390. The minimum absolute atomic E-state index is 0.197. The SMILES string of the molecule is COc1cc(F)cc(-c2csc3cnn(CCc4ccc5ccccc5n4)c(=O)c23)c1. The minimum Gasteiger partial charge on any atom is -0.497 e. The molecule has 31 heavy (non-hydrogen) atoms. The molecule has 0 aliphatic rings. The first kappa shape index (κ1) is 19.4. The molecule has 0 fully saturated rings. The van der Waals surface area contributed by atoms with Crippen molar-refractivity contribution in [2.45, 2.75) is 13.0 Å². The molecule has 0 aliphatic carbocycles. The Morgan fingerprint density at radius 2 is 2.00 bits per heavy atom. The van der Waals surface area contributed by atoms with Crippen LogP contribution in [0.5, 0.6) is 5.75 Å². The zero-order chi connectivity index (χ0) is 21.4. The van der Waals surface area contributed by atoms with Gasteiger partial charge in [-0.25, -0.2) is 9.07 Å².